The molecule has 0 saturated heterocycles. The van der Waals surface area contributed by atoms with Crippen LogP contribution in [0.5, 0.6) is 0 Å². The Morgan fingerprint density at radius 2 is 1.53 bits per heavy atom. The molecule has 88 valence electrons. The quantitative estimate of drug-likeness (QED) is 0.662. The van der Waals surface area contributed by atoms with E-state index in [9.17, 15) is 0 Å². The van der Waals surface area contributed by atoms with Gasteiger partial charge in [-0.25, -0.2) is 0 Å². The number of hydrogen-bond donors (Lipinski definition) is 1. The molecule has 3 rings (SSSR count). The molecule has 0 amide bonds. The standard InChI is InChI=1S/C7H6N2.C7H8.BrH/c1-2-4-7-6(3-1)5-8-9-7;1-7-5-3-2-4-6-7;/h1-5H,(H,8,9);2-6H,1H3;1H. The Kier molecular flexibility index (Phi) is 5.43. The fraction of sp³-hybridized carbons (Fsp3) is 0.0714. The van der Waals surface area contributed by atoms with Crippen LogP contribution in [-0.2, 0) is 0 Å². The van der Waals surface area contributed by atoms with E-state index in [-0.39, 0.29) is 17.0 Å². The van der Waals surface area contributed by atoms with Crippen LogP contribution in [0.25, 0.3) is 10.9 Å². The number of hydrogen-bond acceptors (Lipinski definition) is 1. The first kappa shape index (κ1) is 13.5. The molecule has 0 spiro atoms. The first-order valence-electron chi connectivity index (χ1n) is 5.26. The van der Waals surface area contributed by atoms with Gasteiger partial charge in [0.2, 0.25) is 0 Å². The Hall–Kier alpha value is -1.61. The maximum Gasteiger partial charge on any atom is 0.0650 e. The Morgan fingerprint density at radius 3 is 2.12 bits per heavy atom. The van der Waals surface area contributed by atoms with Gasteiger partial charge in [-0.2, -0.15) is 5.10 Å². The number of aryl methyl sites for hydroxylation is 1. The summed E-state index contributed by atoms with van der Waals surface area (Å²) in [6.07, 6.45) is 1.81. The molecule has 3 heteroatoms. The van der Waals surface area contributed by atoms with E-state index in [0.29, 0.717) is 0 Å². The number of benzene rings is 2. The zero-order valence-corrected chi connectivity index (χ0v) is 11.3. The van der Waals surface area contributed by atoms with Gasteiger partial charge in [0.05, 0.1) is 11.7 Å². The molecule has 2 nitrogen and oxygen atoms in total. The second kappa shape index (κ2) is 6.86. The summed E-state index contributed by atoms with van der Waals surface area (Å²) in [6, 6.07) is 18.3. The van der Waals surface area contributed by atoms with Crippen molar-refractivity contribution in [3.63, 3.8) is 0 Å². The molecule has 2 aromatic carbocycles. The highest BCUT2D eigenvalue weighted by atomic mass is 79.9. The maximum atomic E-state index is 3.88. The summed E-state index contributed by atoms with van der Waals surface area (Å²) in [7, 11) is 0. The normalized spacial score (nSPS) is 9.00. The zero-order valence-electron chi connectivity index (χ0n) is 9.63. The van der Waals surface area contributed by atoms with E-state index in [4.69, 9.17) is 0 Å². The molecule has 1 aromatic heterocycles. The number of aromatic nitrogens is 2. The predicted octanol–water partition coefficient (Wildman–Crippen LogP) is 4.14. The van der Waals surface area contributed by atoms with E-state index in [2.05, 4.69) is 29.3 Å². The third-order valence-electron chi connectivity index (χ3n) is 2.29. The number of H-pyrrole nitrogens is 1. The van der Waals surface area contributed by atoms with Crippen LogP contribution in [0.2, 0.25) is 0 Å². The summed E-state index contributed by atoms with van der Waals surface area (Å²) in [5.41, 5.74) is 2.42. The summed E-state index contributed by atoms with van der Waals surface area (Å²) in [5, 5.41) is 7.91. The van der Waals surface area contributed by atoms with Crippen LogP contribution >= 0.6 is 17.0 Å². The van der Waals surface area contributed by atoms with Gasteiger partial charge in [0, 0.05) is 5.39 Å². The van der Waals surface area contributed by atoms with E-state index in [1.807, 2.05) is 48.7 Å². The van der Waals surface area contributed by atoms with Crippen molar-refractivity contribution < 1.29 is 0 Å². The second-order valence-corrected chi connectivity index (χ2v) is 3.61. The molecule has 0 unspecified atom stereocenters. The number of nitrogens with zero attached hydrogens (tertiary/aromatic N) is 1. The van der Waals surface area contributed by atoms with Gasteiger partial charge in [-0.15, -0.1) is 17.0 Å². The molecule has 17 heavy (non-hydrogen) atoms. The molecule has 1 N–H and O–H groups in total. The zero-order chi connectivity index (χ0) is 11.2. The maximum absolute atomic E-state index is 3.88. The van der Waals surface area contributed by atoms with Crippen LogP contribution in [0, 0.1) is 6.92 Å². The number of nitrogens with one attached hydrogen (secondary N) is 1. The SMILES string of the molecule is Br.Cc1ccccc1.c1ccc2[nH]ncc2c1. The van der Waals surface area contributed by atoms with Crippen molar-refractivity contribution in [2.24, 2.45) is 0 Å². The highest BCUT2D eigenvalue weighted by Crippen LogP contribution is 2.06. The summed E-state index contributed by atoms with van der Waals surface area (Å²) in [6.45, 7) is 2.08. The highest BCUT2D eigenvalue weighted by molar-refractivity contribution is 8.93. The van der Waals surface area contributed by atoms with E-state index >= 15 is 0 Å². The van der Waals surface area contributed by atoms with Crippen LogP contribution in [0.1, 0.15) is 5.56 Å². The fourth-order valence-corrected chi connectivity index (χ4v) is 1.42. The van der Waals surface area contributed by atoms with Crippen molar-refractivity contribution in [3.8, 4) is 0 Å². The predicted molar refractivity (Wildman–Crippen MR) is 77.6 cm³/mol. The Balaban J connectivity index is 0.000000166. The second-order valence-electron chi connectivity index (χ2n) is 3.61. The molecule has 0 saturated carbocycles. The lowest BCUT2D eigenvalue weighted by atomic mass is 10.2. The summed E-state index contributed by atoms with van der Waals surface area (Å²) < 4.78 is 0. The van der Waals surface area contributed by atoms with E-state index in [1.54, 1.807) is 0 Å². The van der Waals surface area contributed by atoms with Crippen LogP contribution in [-0.4, -0.2) is 10.2 Å². The highest BCUT2D eigenvalue weighted by Gasteiger charge is 1.88. The molecule has 0 aliphatic rings. The van der Waals surface area contributed by atoms with E-state index < -0.39 is 0 Å². The molecule has 1 heterocycles. The van der Waals surface area contributed by atoms with E-state index in [1.165, 1.54) is 5.56 Å². The number of para-hydroxylation sites is 1. The number of rotatable bonds is 0. The van der Waals surface area contributed by atoms with Crippen LogP contribution < -0.4 is 0 Å². The Morgan fingerprint density at radius 1 is 0.882 bits per heavy atom. The van der Waals surface area contributed by atoms with Crippen molar-refractivity contribution in [2.75, 3.05) is 0 Å². The van der Waals surface area contributed by atoms with Crippen molar-refractivity contribution in [2.45, 2.75) is 6.92 Å². The van der Waals surface area contributed by atoms with Gasteiger partial charge >= 0.3 is 0 Å². The van der Waals surface area contributed by atoms with Crippen LogP contribution in [0.4, 0.5) is 0 Å². The molecule has 0 aliphatic carbocycles. The van der Waals surface area contributed by atoms with Gasteiger partial charge in [0.15, 0.2) is 0 Å². The Labute approximate surface area is 111 Å². The van der Waals surface area contributed by atoms with Gasteiger partial charge < -0.3 is 0 Å². The minimum Gasteiger partial charge on any atom is -0.278 e. The number of aromatic amines is 1. The first-order valence-corrected chi connectivity index (χ1v) is 5.26. The molecule has 0 fully saturated rings. The van der Waals surface area contributed by atoms with Gasteiger partial charge in [0.1, 0.15) is 0 Å². The van der Waals surface area contributed by atoms with E-state index in [0.717, 1.165) is 10.9 Å². The van der Waals surface area contributed by atoms with Gasteiger partial charge in [0.25, 0.3) is 0 Å². The topological polar surface area (TPSA) is 28.7 Å². The smallest absolute Gasteiger partial charge is 0.0650 e. The first-order chi connectivity index (χ1) is 7.86. The molecular weight excluding hydrogens is 276 g/mol. The molecule has 0 atom stereocenters. The van der Waals surface area contributed by atoms with Crippen LogP contribution in [0.3, 0.4) is 0 Å². The summed E-state index contributed by atoms with van der Waals surface area (Å²) in [4.78, 5) is 0. The molecule has 3 aromatic rings. The Bertz CT molecular complexity index is 516. The minimum atomic E-state index is 0. The lowest BCUT2D eigenvalue weighted by Gasteiger charge is -1.82. The summed E-state index contributed by atoms with van der Waals surface area (Å²) >= 11 is 0. The van der Waals surface area contributed by atoms with Crippen LogP contribution in [0.15, 0.2) is 60.8 Å². The lowest BCUT2D eigenvalue weighted by Crippen LogP contribution is -1.63. The molecule has 0 bridgehead atoms. The summed E-state index contributed by atoms with van der Waals surface area (Å²) in [5.74, 6) is 0. The molecular formula is C14H15BrN2. The van der Waals surface area contributed by atoms with Crippen molar-refractivity contribution in [1.82, 2.24) is 10.2 Å². The minimum absolute atomic E-state index is 0. The third kappa shape index (κ3) is 4.04. The van der Waals surface area contributed by atoms with Gasteiger partial charge in [-0.3, -0.25) is 5.10 Å². The van der Waals surface area contributed by atoms with Gasteiger partial charge in [-0.05, 0) is 13.0 Å². The third-order valence-corrected chi connectivity index (χ3v) is 2.29. The van der Waals surface area contributed by atoms with Crippen molar-refractivity contribution in [3.05, 3.63) is 66.4 Å². The lowest BCUT2D eigenvalue weighted by molar-refractivity contribution is 1.12. The largest absolute Gasteiger partial charge is 0.278 e. The molecule has 0 aliphatic heterocycles. The van der Waals surface area contributed by atoms with Gasteiger partial charge in [-0.1, -0.05) is 54.1 Å². The average Bonchev–Trinajstić information content (AvgIpc) is 2.79. The number of halogens is 1. The van der Waals surface area contributed by atoms with Crippen molar-refractivity contribution >= 4 is 27.9 Å². The average molecular weight is 291 g/mol. The fourth-order valence-electron chi connectivity index (χ4n) is 1.42. The van der Waals surface area contributed by atoms with Crippen molar-refractivity contribution in [1.29, 1.82) is 0 Å². The molecule has 0 radical (unpaired) electrons. The monoisotopic (exact) mass is 290 g/mol. The number of fused-ring (bicyclic) bond motifs is 1.